The van der Waals surface area contributed by atoms with E-state index in [0.29, 0.717) is 0 Å². The minimum Gasteiger partial charge on any atom is -0.0885 e. The molecule has 0 radical (unpaired) electrons. The molecule has 2 rings (SSSR count). The van der Waals surface area contributed by atoms with Crippen molar-refractivity contribution in [3.8, 4) is 0 Å². The third-order valence-corrected chi connectivity index (χ3v) is 2.18. The van der Waals surface area contributed by atoms with Crippen molar-refractivity contribution in [1.82, 2.24) is 0 Å². The van der Waals surface area contributed by atoms with Crippen LogP contribution in [0.5, 0.6) is 0 Å². The van der Waals surface area contributed by atoms with E-state index in [1.807, 2.05) is 0 Å². The van der Waals surface area contributed by atoms with Gasteiger partial charge in [-0.1, -0.05) is 23.8 Å². The van der Waals surface area contributed by atoms with Crippen molar-refractivity contribution >= 4 is 0 Å². The van der Waals surface area contributed by atoms with Gasteiger partial charge in [0.25, 0.3) is 0 Å². The highest BCUT2D eigenvalue weighted by atomic mass is 14.0. The minimum absolute atomic E-state index is 1.32. The Hall–Kier alpha value is -0.520. The van der Waals surface area contributed by atoms with Gasteiger partial charge in [-0.15, -0.1) is 0 Å². The van der Waals surface area contributed by atoms with Crippen molar-refractivity contribution in [3.05, 3.63) is 23.8 Å². The quantitative estimate of drug-likeness (QED) is 0.460. The summed E-state index contributed by atoms with van der Waals surface area (Å²) in [5.41, 5.74) is 1.58. The predicted octanol–water partition coefficient (Wildman–Crippen LogP) is 3.84. The highest BCUT2D eigenvalue weighted by Crippen LogP contribution is 2.15. The van der Waals surface area contributed by atoms with E-state index in [0.717, 1.165) is 0 Å². The molecule has 0 unspecified atom stereocenters. The number of hydrogen-bond acceptors (Lipinski definition) is 0. The Balaban J connectivity index is 0.000000112. The summed E-state index contributed by atoms with van der Waals surface area (Å²) in [6.45, 7) is 2.20. The summed E-state index contributed by atoms with van der Waals surface area (Å²) in [4.78, 5) is 0. The van der Waals surface area contributed by atoms with Crippen LogP contribution in [0.4, 0.5) is 0 Å². The van der Waals surface area contributed by atoms with Crippen molar-refractivity contribution < 1.29 is 0 Å². The molecule has 0 nitrogen and oxygen atoms in total. The van der Waals surface area contributed by atoms with Crippen molar-refractivity contribution in [2.45, 2.75) is 45.4 Å². The fourth-order valence-electron chi connectivity index (χ4n) is 1.42. The van der Waals surface area contributed by atoms with Gasteiger partial charge in [0.05, 0.1) is 0 Å². The predicted molar refractivity (Wildman–Crippen MR) is 50.6 cm³/mol. The summed E-state index contributed by atoms with van der Waals surface area (Å²) in [5, 5.41) is 0. The van der Waals surface area contributed by atoms with Crippen LogP contribution in [0.25, 0.3) is 0 Å². The molecular weight excluding hydrogens is 132 g/mol. The summed E-state index contributed by atoms with van der Waals surface area (Å²) in [5.74, 6) is 0. The Bertz CT molecular complexity index is 145. The zero-order valence-electron chi connectivity index (χ0n) is 7.47. The van der Waals surface area contributed by atoms with Gasteiger partial charge in [0.15, 0.2) is 0 Å². The van der Waals surface area contributed by atoms with Crippen molar-refractivity contribution in [3.63, 3.8) is 0 Å². The Labute approximate surface area is 70.0 Å². The van der Waals surface area contributed by atoms with Crippen molar-refractivity contribution in [1.29, 1.82) is 0 Å². The first-order chi connectivity index (χ1) is 5.39. The number of rotatable bonds is 0. The summed E-state index contributed by atoms with van der Waals surface area (Å²) in [7, 11) is 0. The van der Waals surface area contributed by atoms with Crippen LogP contribution in [0.1, 0.15) is 45.4 Å². The molecule has 0 bridgehead atoms. The largest absolute Gasteiger partial charge is 0.0885 e. The van der Waals surface area contributed by atoms with E-state index >= 15 is 0 Å². The van der Waals surface area contributed by atoms with Gasteiger partial charge in [0.1, 0.15) is 0 Å². The van der Waals surface area contributed by atoms with Crippen LogP contribution in [0.2, 0.25) is 0 Å². The van der Waals surface area contributed by atoms with Gasteiger partial charge >= 0.3 is 0 Å². The molecule has 0 aromatic rings. The lowest BCUT2D eigenvalue weighted by atomic mass is 10.3. The van der Waals surface area contributed by atoms with E-state index in [2.05, 4.69) is 25.2 Å². The molecule has 0 fully saturated rings. The van der Waals surface area contributed by atoms with Gasteiger partial charge in [-0.2, -0.15) is 0 Å². The van der Waals surface area contributed by atoms with E-state index in [1.54, 1.807) is 5.57 Å². The average molecular weight is 150 g/mol. The average Bonchev–Trinajstić information content (AvgIpc) is 2.57. The molecular formula is C11H18. The molecule has 0 saturated carbocycles. The van der Waals surface area contributed by atoms with Crippen molar-refractivity contribution in [2.24, 2.45) is 0 Å². The number of allylic oxidation sites excluding steroid dienone is 4. The second kappa shape index (κ2) is 5.17. The molecule has 0 N–H and O–H groups in total. The smallest absolute Gasteiger partial charge is 0.0320 e. The van der Waals surface area contributed by atoms with Crippen LogP contribution in [-0.2, 0) is 0 Å². The SMILES string of the molecule is C1=CCCC1.CC1=CCCC1. The Morgan fingerprint density at radius 1 is 1.00 bits per heavy atom. The standard InChI is InChI=1S/C6H10.C5H8/c1-6-4-2-3-5-6;1-2-4-5-3-1/h4H,2-3,5H2,1H3;1-2H,3-5H2. The van der Waals surface area contributed by atoms with Gasteiger partial charge in [0.2, 0.25) is 0 Å². The highest BCUT2D eigenvalue weighted by Gasteiger charge is 1.95. The van der Waals surface area contributed by atoms with Gasteiger partial charge in [-0.25, -0.2) is 0 Å². The summed E-state index contributed by atoms with van der Waals surface area (Å²) < 4.78 is 0. The lowest BCUT2D eigenvalue weighted by Crippen LogP contribution is -1.59. The molecule has 2 aliphatic rings. The summed E-state index contributed by atoms with van der Waals surface area (Å²) in [6, 6.07) is 0. The van der Waals surface area contributed by atoms with Crippen LogP contribution in [0.3, 0.4) is 0 Å². The first kappa shape index (κ1) is 8.58. The molecule has 62 valence electrons. The van der Waals surface area contributed by atoms with Crippen LogP contribution in [0, 0.1) is 0 Å². The summed E-state index contributed by atoms with van der Waals surface area (Å²) >= 11 is 0. The Morgan fingerprint density at radius 2 is 1.73 bits per heavy atom. The molecule has 0 aromatic heterocycles. The molecule has 0 heterocycles. The van der Waals surface area contributed by atoms with Crippen LogP contribution in [0.15, 0.2) is 23.8 Å². The fourth-order valence-corrected chi connectivity index (χ4v) is 1.42. The van der Waals surface area contributed by atoms with Crippen molar-refractivity contribution in [2.75, 3.05) is 0 Å². The fraction of sp³-hybridized carbons (Fsp3) is 0.636. The topological polar surface area (TPSA) is 0 Å². The monoisotopic (exact) mass is 150 g/mol. The first-order valence-corrected chi connectivity index (χ1v) is 4.70. The lowest BCUT2D eigenvalue weighted by Gasteiger charge is -1.79. The van der Waals surface area contributed by atoms with Crippen LogP contribution >= 0.6 is 0 Å². The molecule has 0 spiro atoms. The molecule has 0 saturated heterocycles. The number of hydrogen-bond donors (Lipinski definition) is 0. The third-order valence-electron chi connectivity index (χ3n) is 2.18. The molecule has 2 aliphatic carbocycles. The minimum atomic E-state index is 1.32. The molecule has 0 aliphatic heterocycles. The maximum atomic E-state index is 2.32. The van der Waals surface area contributed by atoms with Gasteiger partial charge < -0.3 is 0 Å². The van der Waals surface area contributed by atoms with Gasteiger partial charge in [-0.05, 0) is 45.4 Å². The third kappa shape index (κ3) is 4.02. The normalized spacial score (nSPS) is 21.0. The van der Waals surface area contributed by atoms with E-state index in [1.165, 1.54) is 38.5 Å². The highest BCUT2D eigenvalue weighted by molar-refractivity contribution is 5.02. The Kier molecular flexibility index (Phi) is 4.03. The van der Waals surface area contributed by atoms with Gasteiger partial charge in [-0.3, -0.25) is 0 Å². The second-order valence-corrected chi connectivity index (χ2v) is 3.35. The Morgan fingerprint density at radius 3 is 1.91 bits per heavy atom. The maximum Gasteiger partial charge on any atom is -0.0320 e. The maximum absolute atomic E-state index is 2.32. The summed E-state index contributed by atoms with van der Waals surface area (Å²) in [6.07, 6.45) is 14.9. The van der Waals surface area contributed by atoms with Crippen LogP contribution < -0.4 is 0 Å². The molecule has 0 heteroatoms. The van der Waals surface area contributed by atoms with Crippen LogP contribution in [-0.4, -0.2) is 0 Å². The van der Waals surface area contributed by atoms with E-state index in [4.69, 9.17) is 0 Å². The zero-order chi connectivity index (χ0) is 7.94. The lowest BCUT2D eigenvalue weighted by molar-refractivity contribution is 0.907. The zero-order valence-corrected chi connectivity index (χ0v) is 7.47. The van der Waals surface area contributed by atoms with E-state index in [-0.39, 0.29) is 0 Å². The molecule has 0 amide bonds. The molecule has 11 heavy (non-hydrogen) atoms. The van der Waals surface area contributed by atoms with E-state index < -0.39 is 0 Å². The second-order valence-electron chi connectivity index (χ2n) is 3.35. The first-order valence-electron chi connectivity index (χ1n) is 4.70. The molecule has 0 atom stereocenters. The molecule has 0 aromatic carbocycles. The van der Waals surface area contributed by atoms with E-state index in [9.17, 15) is 0 Å². The van der Waals surface area contributed by atoms with Gasteiger partial charge in [0, 0.05) is 0 Å².